The number of hydrogen-bond donors (Lipinski definition) is 0. The molecule has 0 radical (unpaired) electrons. The Morgan fingerprint density at radius 3 is 2.22 bits per heavy atom. The Morgan fingerprint density at radius 1 is 1.22 bits per heavy atom. The van der Waals surface area contributed by atoms with Crippen molar-refractivity contribution in [1.29, 1.82) is 0 Å². The van der Waals surface area contributed by atoms with Crippen molar-refractivity contribution in [3.05, 3.63) is 46.5 Å². The van der Waals surface area contributed by atoms with Gasteiger partial charge in [-0.3, -0.25) is 0 Å². The Hall–Kier alpha value is -0.170. The van der Waals surface area contributed by atoms with E-state index in [0.29, 0.717) is 11.0 Å². The first-order chi connectivity index (χ1) is 8.43. The van der Waals surface area contributed by atoms with E-state index in [2.05, 4.69) is 26.0 Å². The molecule has 0 N–H and O–H groups in total. The van der Waals surface area contributed by atoms with Gasteiger partial charge < -0.3 is 0 Å². The lowest BCUT2D eigenvalue weighted by molar-refractivity contribution is 0.733. The third-order valence-electron chi connectivity index (χ3n) is 3.14. The summed E-state index contributed by atoms with van der Waals surface area (Å²) in [5.41, 5.74) is 2.11. The Morgan fingerprint density at radius 2 is 1.78 bits per heavy atom. The summed E-state index contributed by atoms with van der Waals surface area (Å²) in [6.07, 6.45) is 3.76. The van der Waals surface area contributed by atoms with Gasteiger partial charge in [0.05, 0.1) is 5.03 Å². The van der Waals surface area contributed by atoms with Gasteiger partial charge in [-0.15, -0.1) is 0 Å². The summed E-state index contributed by atoms with van der Waals surface area (Å²) in [6, 6.07) is 8.04. The molecule has 1 rings (SSSR count). The van der Waals surface area contributed by atoms with E-state index in [1.807, 2.05) is 25.1 Å². The van der Waals surface area contributed by atoms with E-state index < -0.39 is 4.33 Å². The summed E-state index contributed by atoms with van der Waals surface area (Å²) in [7, 11) is 0. The van der Waals surface area contributed by atoms with Crippen LogP contribution in [0.4, 0.5) is 0 Å². The predicted molar refractivity (Wildman–Crippen MR) is 82.8 cm³/mol. The highest BCUT2D eigenvalue weighted by molar-refractivity contribution is 6.55. The maximum Gasteiger partial charge on any atom is 0.178 e. The van der Waals surface area contributed by atoms with Crippen LogP contribution in [0.3, 0.4) is 0 Å². The molecule has 1 aromatic rings. The lowest BCUT2D eigenvalue weighted by atomic mass is 9.97. The van der Waals surface area contributed by atoms with Crippen LogP contribution in [-0.2, 0) is 4.33 Å². The third kappa shape index (κ3) is 3.66. The predicted octanol–water partition coefficient (Wildman–Crippen LogP) is 6.36. The highest BCUT2D eigenvalue weighted by atomic mass is 35.5. The number of rotatable bonds is 5. The third-order valence-corrected chi connectivity index (χ3v) is 4.61. The molecule has 0 spiro atoms. The van der Waals surface area contributed by atoms with Crippen molar-refractivity contribution in [3.63, 3.8) is 0 Å². The molecule has 0 bridgehead atoms. The van der Waals surface area contributed by atoms with Crippen LogP contribution in [-0.4, -0.2) is 0 Å². The van der Waals surface area contributed by atoms with Gasteiger partial charge >= 0.3 is 0 Å². The lowest BCUT2D eigenvalue weighted by Crippen LogP contribution is -2.10. The fraction of sp³-hybridized carbons (Fsp3) is 0.467. The number of allylic oxidation sites excluding steroid dienone is 2. The second-order valence-corrected chi connectivity index (χ2v) is 6.20. The molecule has 0 amide bonds. The molecule has 1 unspecified atom stereocenters. The van der Waals surface area contributed by atoms with Crippen molar-refractivity contribution in [3.8, 4) is 0 Å². The smallest absolute Gasteiger partial charge is 0.0899 e. The molecule has 3 heteroatoms. The molecule has 0 heterocycles. The zero-order chi connectivity index (χ0) is 13.8. The van der Waals surface area contributed by atoms with Crippen LogP contribution in [0.2, 0.25) is 0 Å². The van der Waals surface area contributed by atoms with Gasteiger partial charge in [-0.2, -0.15) is 0 Å². The zero-order valence-corrected chi connectivity index (χ0v) is 13.3. The molecule has 0 nitrogen and oxygen atoms in total. The van der Waals surface area contributed by atoms with Crippen molar-refractivity contribution >= 4 is 34.8 Å². The van der Waals surface area contributed by atoms with Crippen molar-refractivity contribution in [2.45, 2.75) is 43.9 Å². The largest absolute Gasteiger partial charge is 0.178 e. The molecule has 18 heavy (non-hydrogen) atoms. The van der Waals surface area contributed by atoms with Crippen molar-refractivity contribution in [2.24, 2.45) is 0 Å². The second-order valence-electron chi connectivity index (χ2n) is 4.47. The van der Waals surface area contributed by atoms with E-state index in [4.69, 9.17) is 34.8 Å². The van der Waals surface area contributed by atoms with Gasteiger partial charge in [-0.05, 0) is 29.9 Å². The molecule has 0 saturated heterocycles. The van der Waals surface area contributed by atoms with Crippen LogP contribution in [0.5, 0.6) is 0 Å². The van der Waals surface area contributed by atoms with Gasteiger partial charge in [-0.1, -0.05) is 85.9 Å². The van der Waals surface area contributed by atoms with Crippen molar-refractivity contribution in [2.75, 3.05) is 0 Å². The summed E-state index contributed by atoms with van der Waals surface area (Å²) in [4.78, 5) is 0. The van der Waals surface area contributed by atoms with Gasteiger partial charge in [-0.25, -0.2) is 0 Å². The van der Waals surface area contributed by atoms with E-state index in [0.717, 1.165) is 18.4 Å². The molecule has 1 aromatic carbocycles. The Kier molecular flexibility index (Phi) is 6.04. The van der Waals surface area contributed by atoms with Crippen LogP contribution in [0, 0.1) is 0 Å². The average Bonchev–Trinajstić information content (AvgIpc) is 2.38. The summed E-state index contributed by atoms with van der Waals surface area (Å²) in [5.74, 6) is 0.542. The van der Waals surface area contributed by atoms with Crippen LogP contribution in [0.1, 0.15) is 50.7 Å². The van der Waals surface area contributed by atoms with Gasteiger partial charge in [0.2, 0.25) is 0 Å². The summed E-state index contributed by atoms with van der Waals surface area (Å²) >= 11 is 18.8. The van der Waals surface area contributed by atoms with Crippen LogP contribution in [0.15, 0.2) is 35.4 Å². The van der Waals surface area contributed by atoms with Crippen LogP contribution < -0.4 is 0 Å². The summed E-state index contributed by atoms with van der Waals surface area (Å²) < 4.78 is -1.15. The highest BCUT2D eigenvalue weighted by Crippen LogP contribution is 2.43. The van der Waals surface area contributed by atoms with Crippen LogP contribution >= 0.6 is 34.8 Å². The molecule has 0 fully saturated rings. The van der Waals surface area contributed by atoms with Crippen molar-refractivity contribution in [1.82, 2.24) is 0 Å². The van der Waals surface area contributed by atoms with E-state index in [1.165, 1.54) is 5.56 Å². The lowest BCUT2D eigenvalue weighted by Gasteiger charge is -2.20. The van der Waals surface area contributed by atoms with Gasteiger partial charge in [0.15, 0.2) is 4.33 Å². The summed E-state index contributed by atoms with van der Waals surface area (Å²) in [6.45, 7) is 6.37. The second kappa shape index (κ2) is 6.84. The van der Waals surface area contributed by atoms with Crippen LogP contribution in [0.25, 0.3) is 0 Å². The topological polar surface area (TPSA) is 0 Å². The van der Waals surface area contributed by atoms with Gasteiger partial charge in [0, 0.05) is 0 Å². The highest BCUT2D eigenvalue weighted by Gasteiger charge is 2.30. The molecule has 100 valence electrons. The minimum atomic E-state index is -1.15. The molecule has 1 atom stereocenters. The number of benzene rings is 1. The molecule has 0 aliphatic carbocycles. The standard InChI is InChI=1S/C15H19Cl3/c1-4-6-14(16)15(17,18)13-9-7-12(8-10-13)11(3)5-2/h6-11H,4-5H2,1-3H3/b14-6+. The van der Waals surface area contributed by atoms with E-state index in [-0.39, 0.29) is 0 Å². The van der Waals surface area contributed by atoms with E-state index in [1.54, 1.807) is 0 Å². The average molecular weight is 306 g/mol. The fourth-order valence-corrected chi connectivity index (χ4v) is 2.37. The van der Waals surface area contributed by atoms with Crippen molar-refractivity contribution < 1.29 is 0 Å². The summed E-state index contributed by atoms with van der Waals surface area (Å²) in [5, 5.41) is 0.463. The first kappa shape index (κ1) is 15.9. The minimum absolute atomic E-state index is 0.463. The zero-order valence-electron chi connectivity index (χ0n) is 11.0. The molecule has 0 aliphatic rings. The maximum absolute atomic E-state index is 6.32. The monoisotopic (exact) mass is 304 g/mol. The molecular weight excluding hydrogens is 287 g/mol. The quantitative estimate of drug-likeness (QED) is 0.555. The van der Waals surface area contributed by atoms with Gasteiger partial charge in [0.25, 0.3) is 0 Å². The molecular formula is C15H19Cl3. The Labute approximate surface area is 125 Å². The fourth-order valence-electron chi connectivity index (χ4n) is 1.70. The molecule has 0 aliphatic heterocycles. The molecule has 0 aromatic heterocycles. The van der Waals surface area contributed by atoms with E-state index >= 15 is 0 Å². The minimum Gasteiger partial charge on any atom is -0.0899 e. The molecule has 0 saturated carbocycles. The number of hydrogen-bond acceptors (Lipinski definition) is 0. The SMILES string of the molecule is CC/C=C(/Cl)C(Cl)(Cl)c1ccc(C(C)CC)cc1. The van der Waals surface area contributed by atoms with Gasteiger partial charge in [0.1, 0.15) is 0 Å². The Balaban J connectivity index is 3.01. The normalized spacial score (nSPS) is 14.7. The maximum atomic E-state index is 6.32. The first-order valence-corrected chi connectivity index (χ1v) is 7.41. The first-order valence-electron chi connectivity index (χ1n) is 6.27. The van der Waals surface area contributed by atoms with E-state index in [9.17, 15) is 0 Å². The number of halogens is 3. The number of alkyl halides is 2. The Bertz CT molecular complexity index is 404.